The van der Waals surface area contributed by atoms with Gasteiger partial charge in [0.05, 0.1) is 0 Å². The Hall–Kier alpha value is 1.35. The zero-order chi connectivity index (χ0) is 4.12. The summed E-state index contributed by atoms with van der Waals surface area (Å²) in [7, 11) is 0. The number of hydrogen-bond donors (Lipinski definition) is 0. The second kappa shape index (κ2) is 9.61. The van der Waals surface area contributed by atoms with Crippen molar-refractivity contribution >= 4 is 22.6 Å². The summed E-state index contributed by atoms with van der Waals surface area (Å²) < 4.78 is 1.25. The maximum atomic E-state index is 3.67. The molecule has 6 heavy (non-hydrogen) atoms. The summed E-state index contributed by atoms with van der Waals surface area (Å²) in [5.41, 5.74) is 0. The Bertz CT molecular complexity index is 15.0. The van der Waals surface area contributed by atoms with Crippen LogP contribution < -0.4 is 0 Å². The van der Waals surface area contributed by atoms with Crippen LogP contribution in [-0.4, -0.2) is 4.43 Å². The number of rotatable bonds is 2. The maximum Gasteiger partial charge on any atom is 0 e. The fourth-order valence-electron chi connectivity index (χ4n) is 0.0945. The van der Waals surface area contributed by atoms with Crippen molar-refractivity contribution in [2.45, 2.75) is 12.8 Å². The molecule has 2 heteroatoms. The summed E-state index contributed by atoms with van der Waals surface area (Å²) in [6, 6.07) is 0. The van der Waals surface area contributed by atoms with Gasteiger partial charge in [-0.05, 0) is 4.43 Å². The molecule has 0 nitrogen and oxygen atoms in total. The average molecular weight is 248 g/mol. The van der Waals surface area contributed by atoms with E-state index in [1.807, 2.05) is 0 Å². The standard InChI is InChI=1S/C4H8I.Zn/c1-2-3-4-5;/h1-4H2;/q-1;. The SMILES string of the molecule is [CH2-]CCCI.[Zn]. The minimum atomic E-state index is 0. The molecule has 0 aliphatic carbocycles. The fraction of sp³-hybridized carbons (Fsp3) is 0.750. The van der Waals surface area contributed by atoms with Gasteiger partial charge in [-0.2, -0.15) is 6.42 Å². The maximum absolute atomic E-state index is 3.67. The van der Waals surface area contributed by atoms with E-state index in [1.54, 1.807) is 0 Å². The van der Waals surface area contributed by atoms with Crippen molar-refractivity contribution in [3.8, 4) is 0 Å². The molecule has 0 unspecified atom stereocenters. The number of hydrogen-bond acceptors (Lipinski definition) is 0. The van der Waals surface area contributed by atoms with E-state index in [1.165, 1.54) is 10.8 Å². The Morgan fingerprint density at radius 1 is 1.50 bits per heavy atom. The van der Waals surface area contributed by atoms with Crippen LogP contribution in [0.2, 0.25) is 0 Å². The first-order chi connectivity index (χ1) is 2.41. The minimum Gasteiger partial charge on any atom is -0.343 e. The van der Waals surface area contributed by atoms with Gasteiger partial charge in [0.2, 0.25) is 0 Å². The molecule has 0 aliphatic rings. The van der Waals surface area contributed by atoms with Crippen molar-refractivity contribution < 1.29 is 19.5 Å². The Labute approximate surface area is 66.0 Å². The van der Waals surface area contributed by atoms with Crippen LogP contribution in [0.25, 0.3) is 0 Å². The van der Waals surface area contributed by atoms with Crippen LogP contribution in [0, 0.1) is 6.92 Å². The molecule has 0 radical (unpaired) electrons. The van der Waals surface area contributed by atoms with E-state index in [9.17, 15) is 0 Å². The fourth-order valence-corrected chi connectivity index (χ4v) is 0.634. The molecule has 0 aliphatic heterocycles. The summed E-state index contributed by atoms with van der Waals surface area (Å²) in [6.07, 6.45) is 2.35. The number of unbranched alkanes of at least 4 members (excludes halogenated alkanes) is 1. The molecule has 0 atom stereocenters. The quantitative estimate of drug-likeness (QED) is 0.304. The minimum absolute atomic E-state index is 0. The topological polar surface area (TPSA) is 0 Å². The molecule has 34 valence electrons. The summed E-state index contributed by atoms with van der Waals surface area (Å²) in [5, 5.41) is 0. The van der Waals surface area contributed by atoms with Gasteiger partial charge in [0.25, 0.3) is 0 Å². The van der Waals surface area contributed by atoms with Crippen molar-refractivity contribution in [3.05, 3.63) is 6.92 Å². The van der Waals surface area contributed by atoms with E-state index in [2.05, 4.69) is 29.5 Å². The van der Waals surface area contributed by atoms with E-state index < -0.39 is 0 Å². The van der Waals surface area contributed by atoms with Crippen molar-refractivity contribution in [2.24, 2.45) is 0 Å². The van der Waals surface area contributed by atoms with Crippen LogP contribution in [0.5, 0.6) is 0 Å². The second-order valence-electron chi connectivity index (χ2n) is 0.896. The van der Waals surface area contributed by atoms with Crippen LogP contribution in [0.4, 0.5) is 0 Å². The predicted molar refractivity (Wildman–Crippen MR) is 33.5 cm³/mol. The first-order valence-electron chi connectivity index (χ1n) is 1.77. The van der Waals surface area contributed by atoms with Crippen LogP contribution in [0.1, 0.15) is 12.8 Å². The van der Waals surface area contributed by atoms with Crippen molar-refractivity contribution in [3.63, 3.8) is 0 Å². The Morgan fingerprint density at radius 2 is 2.00 bits per heavy atom. The van der Waals surface area contributed by atoms with Gasteiger partial charge in [0.1, 0.15) is 0 Å². The van der Waals surface area contributed by atoms with Gasteiger partial charge in [-0.15, -0.1) is 0 Å². The van der Waals surface area contributed by atoms with Gasteiger partial charge in [-0.1, -0.05) is 29.0 Å². The predicted octanol–water partition coefficient (Wildman–Crippen LogP) is 2.03. The molecule has 0 heterocycles. The van der Waals surface area contributed by atoms with Gasteiger partial charge in [-0.25, -0.2) is 0 Å². The summed E-state index contributed by atoms with van der Waals surface area (Å²) in [5.74, 6) is 0. The third-order valence-corrected chi connectivity index (χ3v) is 1.15. The normalized spacial score (nSPS) is 7.00. The molecular formula is C4H8IZn-. The molecule has 0 rings (SSSR count). The number of alkyl halides is 1. The van der Waals surface area contributed by atoms with Gasteiger partial charge in [0.15, 0.2) is 0 Å². The smallest absolute Gasteiger partial charge is 0 e. The van der Waals surface area contributed by atoms with Gasteiger partial charge in [-0.3, -0.25) is 0 Å². The molecule has 0 spiro atoms. The first kappa shape index (κ1) is 10.4. The van der Waals surface area contributed by atoms with Gasteiger partial charge < -0.3 is 6.92 Å². The molecule has 0 aromatic heterocycles. The van der Waals surface area contributed by atoms with Gasteiger partial charge >= 0.3 is 0 Å². The van der Waals surface area contributed by atoms with Crippen LogP contribution in [0.3, 0.4) is 0 Å². The molecular weight excluding hydrogens is 240 g/mol. The molecule has 0 N–H and O–H groups in total. The van der Waals surface area contributed by atoms with Crippen molar-refractivity contribution in [1.29, 1.82) is 0 Å². The van der Waals surface area contributed by atoms with E-state index >= 15 is 0 Å². The van der Waals surface area contributed by atoms with E-state index in [4.69, 9.17) is 0 Å². The second-order valence-corrected chi connectivity index (χ2v) is 1.97. The molecule has 0 aromatic rings. The van der Waals surface area contributed by atoms with Crippen LogP contribution >= 0.6 is 22.6 Å². The zero-order valence-corrected chi connectivity index (χ0v) is 9.04. The first-order valence-corrected chi connectivity index (χ1v) is 3.29. The van der Waals surface area contributed by atoms with E-state index in [0.29, 0.717) is 0 Å². The van der Waals surface area contributed by atoms with Gasteiger partial charge in [0, 0.05) is 19.5 Å². The van der Waals surface area contributed by atoms with E-state index in [0.717, 1.165) is 6.42 Å². The largest absolute Gasteiger partial charge is 0.343 e. The third kappa shape index (κ3) is 9.02. The van der Waals surface area contributed by atoms with Crippen molar-refractivity contribution in [2.75, 3.05) is 4.43 Å². The molecule has 0 fully saturated rings. The zero-order valence-electron chi connectivity index (χ0n) is 3.91. The van der Waals surface area contributed by atoms with Crippen LogP contribution in [0.15, 0.2) is 0 Å². The van der Waals surface area contributed by atoms with E-state index in [-0.39, 0.29) is 19.5 Å². The third-order valence-electron chi connectivity index (χ3n) is 0.384. The molecule has 0 aromatic carbocycles. The molecule has 0 bridgehead atoms. The summed E-state index contributed by atoms with van der Waals surface area (Å²) in [6.45, 7) is 3.67. The molecule has 0 amide bonds. The van der Waals surface area contributed by atoms with Crippen LogP contribution in [-0.2, 0) is 19.5 Å². The Morgan fingerprint density at radius 3 is 2.00 bits per heavy atom. The monoisotopic (exact) mass is 247 g/mol. The summed E-state index contributed by atoms with van der Waals surface area (Å²) in [4.78, 5) is 0. The number of halogens is 1. The average Bonchev–Trinajstić information content (AvgIpc) is 1.41. The molecule has 0 saturated heterocycles. The molecule has 0 saturated carbocycles. The Kier molecular flexibility index (Phi) is 16.6. The summed E-state index contributed by atoms with van der Waals surface area (Å²) >= 11 is 2.35. The Balaban J connectivity index is 0. The van der Waals surface area contributed by atoms with Crippen molar-refractivity contribution in [1.82, 2.24) is 0 Å².